The van der Waals surface area contributed by atoms with Gasteiger partial charge in [0, 0.05) is 38.6 Å². The maximum Gasteiger partial charge on any atom is 0.253 e. The van der Waals surface area contributed by atoms with Crippen LogP contribution in [0.2, 0.25) is 0 Å². The zero-order valence-corrected chi connectivity index (χ0v) is 12.9. The third-order valence-corrected chi connectivity index (χ3v) is 3.36. The van der Waals surface area contributed by atoms with Crippen molar-refractivity contribution in [2.45, 2.75) is 13.8 Å². The second kappa shape index (κ2) is 7.75. The molecule has 0 radical (unpaired) electrons. The summed E-state index contributed by atoms with van der Waals surface area (Å²) in [6.45, 7) is 7.72. The number of nitrogen functional groups attached to an aromatic ring is 1. The quantitative estimate of drug-likeness (QED) is 0.740. The van der Waals surface area contributed by atoms with Gasteiger partial charge in [-0.25, -0.2) is 0 Å². The molecule has 20 heavy (non-hydrogen) atoms. The lowest BCUT2D eigenvalue weighted by atomic mass is 10.1. The van der Waals surface area contributed by atoms with E-state index in [-0.39, 0.29) is 5.91 Å². The molecular weight excluding hydrogens is 252 g/mol. The Morgan fingerprint density at radius 3 is 2.45 bits per heavy atom. The SMILES string of the molecule is CCN(CC)CCNC(=O)c1cc(N)ccc1N(C)C. The molecule has 0 saturated carbocycles. The Bertz CT molecular complexity index is 441. The minimum absolute atomic E-state index is 0.0758. The van der Waals surface area contributed by atoms with E-state index in [1.807, 2.05) is 31.1 Å². The fourth-order valence-corrected chi connectivity index (χ4v) is 2.09. The minimum Gasteiger partial charge on any atom is -0.399 e. The van der Waals surface area contributed by atoms with Crippen molar-refractivity contribution in [2.75, 3.05) is 50.9 Å². The van der Waals surface area contributed by atoms with Gasteiger partial charge in [-0.3, -0.25) is 4.79 Å². The van der Waals surface area contributed by atoms with Crippen molar-refractivity contribution in [3.8, 4) is 0 Å². The highest BCUT2D eigenvalue weighted by atomic mass is 16.1. The lowest BCUT2D eigenvalue weighted by Gasteiger charge is -2.20. The summed E-state index contributed by atoms with van der Waals surface area (Å²) < 4.78 is 0. The Balaban J connectivity index is 2.70. The van der Waals surface area contributed by atoms with E-state index in [9.17, 15) is 4.79 Å². The molecule has 0 heterocycles. The van der Waals surface area contributed by atoms with Crippen LogP contribution in [0.4, 0.5) is 11.4 Å². The fourth-order valence-electron chi connectivity index (χ4n) is 2.09. The Hall–Kier alpha value is -1.75. The Labute approximate surface area is 121 Å². The second-order valence-electron chi connectivity index (χ2n) is 4.95. The molecule has 0 atom stereocenters. The number of likely N-dealkylation sites (N-methyl/N-ethyl adjacent to an activating group) is 1. The number of nitrogens with two attached hydrogens (primary N) is 1. The molecule has 0 aliphatic rings. The second-order valence-corrected chi connectivity index (χ2v) is 4.95. The van der Waals surface area contributed by atoms with Crippen LogP contribution in [0.25, 0.3) is 0 Å². The van der Waals surface area contributed by atoms with Gasteiger partial charge >= 0.3 is 0 Å². The van der Waals surface area contributed by atoms with Crippen LogP contribution in [0, 0.1) is 0 Å². The van der Waals surface area contributed by atoms with Gasteiger partial charge in [-0.05, 0) is 31.3 Å². The molecule has 0 spiro atoms. The smallest absolute Gasteiger partial charge is 0.253 e. The zero-order valence-electron chi connectivity index (χ0n) is 12.9. The van der Waals surface area contributed by atoms with Gasteiger partial charge in [0.25, 0.3) is 5.91 Å². The van der Waals surface area contributed by atoms with Gasteiger partial charge in [0.2, 0.25) is 0 Å². The maximum absolute atomic E-state index is 12.3. The molecule has 112 valence electrons. The minimum atomic E-state index is -0.0758. The van der Waals surface area contributed by atoms with Gasteiger partial charge < -0.3 is 20.9 Å². The van der Waals surface area contributed by atoms with Gasteiger partial charge in [0.1, 0.15) is 0 Å². The summed E-state index contributed by atoms with van der Waals surface area (Å²) in [5.74, 6) is -0.0758. The molecule has 1 aromatic rings. The number of nitrogens with zero attached hydrogens (tertiary/aromatic N) is 2. The van der Waals surface area contributed by atoms with E-state index >= 15 is 0 Å². The molecule has 1 rings (SSSR count). The number of rotatable bonds is 7. The average Bonchev–Trinajstić information content (AvgIpc) is 2.43. The van der Waals surface area contributed by atoms with Crippen LogP contribution >= 0.6 is 0 Å². The lowest BCUT2D eigenvalue weighted by molar-refractivity contribution is 0.0949. The van der Waals surface area contributed by atoms with Gasteiger partial charge in [-0.15, -0.1) is 0 Å². The summed E-state index contributed by atoms with van der Waals surface area (Å²) >= 11 is 0. The summed E-state index contributed by atoms with van der Waals surface area (Å²) in [4.78, 5) is 16.5. The third kappa shape index (κ3) is 4.42. The van der Waals surface area contributed by atoms with Gasteiger partial charge in [0.05, 0.1) is 5.56 Å². The normalized spacial score (nSPS) is 10.7. The van der Waals surface area contributed by atoms with Crippen molar-refractivity contribution in [3.63, 3.8) is 0 Å². The molecule has 0 aliphatic carbocycles. The molecule has 1 amide bonds. The van der Waals surface area contributed by atoms with E-state index < -0.39 is 0 Å². The van der Waals surface area contributed by atoms with Crippen molar-refractivity contribution < 1.29 is 4.79 Å². The Morgan fingerprint density at radius 1 is 1.25 bits per heavy atom. The number of anilines is 2. The van der Waals surface area contributed by atoms with E-state index in [4.69, 9.17) is 5.73 Å². The van der Waals surface area contributed by atoms with E-state index in [2.05, 4.69) is 24.1 Å². The first kappa shape index (κ1) is 16.3. The summed E-state index contributed by atoms with van der Waals surface area (Å²) in [6, 6.07) is 5.40. The molecule has 0 fully saturated rings. The van der Waals surface area contributed by atoms with Crippen molar-refractivity contribution in [1.82, 2.24) is 10.2 Å². The molecular formula is C15H26N4O. The highest BCUT2D eigenvalue weighted by Gasteiger charge is 2.13. The molecule has 0 saturated heterocycles. The largest absolute Gasteiger partial charge is 0.399 e. The summed E-state index contributed by atoms with van der Waals surface area (Å²) in [5, 5.41) is 2.96. The first-order valence-electron chi connectivity index (χ1n) is 7.07. The van der Waals surface area contributed by atoms with E-state index in [0.29, 0.717) is 17.8 Å². The van der Waals surface area contributed by atoms with Crippen LogP contribution in [-0.2, 0) is 0 Å². The van der Waals surface area contributed by atoms with Crippen LogP contribution in [0.5, 0.6) is 0 Å². The van der Waals surface area contributed by atoms with Crippen LogP contribution in [0.1, 0.15) is 24.2 Å². The molecule has 0 bridgehead atoms. The van der Waals surface area contributed by atoms with E-state index in [1.165, 1.54) is 0 Å². The number of amides is 1. The van der Waals surface area contributed by atoms with Crippen molar-refractivity contribution in [2.24, 2.45) is 0 Å². The number of nitrogens with one attached hydrogen (secondary N) is 1. The van der Waals surface area contributed by atoms with Gasteiger partial charge in [0.15, 0.2) is 0 Å². The van der Waals surface area contributed by atoms with E-state index in [1.54, 1.807) is 6.07 Å². The predicted octanol–water partition coefficient (Wildman–Crippen LogP) is 1.41. The van der Waals surface area contributed by atoms with Crippen molar-refractivity contribution >= 4 is 17.3 Å². The summed E-state index contributed by atoms with van der Waals surface area (Å²) in [6.07, 6.45) is 0. The monoisotopic (exact) mass is 278 g/mol. The number of hydrogen-bond acceptors (Lipinski definition) is 4. The highest BCUT2D eigenvalue weighted by Crippen LogP contribution is 2.21. The lowest BCUT2D eigenvalue weighted by Crippen LogP contribution is -2.35. The molecule has 0 aliphatic heterocycles. The topological polar surface area (TPSA) is 61.6 Å². The number of carbonyl (C=O) groups excluding carboxylic acids is 1. The Morgan fingerprint density at radius 2 is 1.90 bits per heavy atom. The van der Waals surface area contributed by atoms with Crippen LogP contribution < -0.4 is 16.0 Å². The zero-order chi connectivity index (χ0) is 15.1. The number of carbonyl (C=O) groups is 1. The molecule has 3 N–H and O–H groups in total. The third-order valence-electron chi connectivity index (χ3n) is 3.36. The molecule has 1 aromatic carbocycles. The first-order valence-corrected chi connectivity index (χ1v) is 7.07. The summed E-state index contributed by atoms with van der Waals surface area (Å²) in [7, 11) is 3.83. The van der Waals surface area contributed by atoms with Crippen LogP contribution in [0.3, 0.4) is 0 Å². The van der Waals surface area contributed by atoms with Crippen molar-refractivity contribution in [1.29, 1.82) is 0 Å². The first-order chi connectivity index (χ1) is 9.49. The number of benzene rings is 1. The highest BCUT2D eigenvalue weighted by molar-refractivity contribution is 6.00. The Kier molecular flexibility index (Phi) is 6.31. The standard InChI is InChI=1S/C15H26N4O/c1-5-19(6-2)10-9-17-15(20)13-11-12(16)7-8-14(13)18(3)4/h7-8,11H,5-6,9-10,16H2,1-4H3,(H,17,20). The maximum atomic E-state index is 12.3. The summed E-state index contributed by atoms with van der Waals surface area (Å²) in [5.41, 5.74) is 7.87. The average molecular weight is 278 g/mol. The van der Waals surface area contributed by atoms with Crippen LogP contribution in [0.15, 0.2) is 18.2 Å². The predicted molar refractivity (Wildman–Crippen MR) is 85.3 cm³/mol. The van der Waals surface area contributed by atoms with Crippen LogP contribution in [-0.4, -0.2) is 51.1 Å². The molecule has 5 nitrogen and oxygen atoms in total. The van der Waals surface area contributed by atoms with E-state index in [0.717, 1.165) is 25.3 Å². The van der Waals surface area contributed by atoms with Gasteiger partial charge in [-0.1, -0.05) is 13.8 Å². The van der Waals surface area contributed by atoms with Gasteiger partial charge in [-0.2, -0.15) is 0 Å². The molecule has 0 aromatic heterocycles. The molecule has 0 unspecified atom stereocenters. The number of hydrogen-bond donors (Lipinski definition) is 2. The fraction of sp³-hybridized carbons (Fsp3) is 0.533. The van der Waals surface area contributed by atoms with Crippen molar-refractivity contribution in [3.05, 3.63) is 23.8 Å². The molecule has 5 heteroatoms.